The minimum absolute atomic E-state index is 0.140. The number of hydrogen-bond acceptors (Lipinski definition) is 2. The highest BCUT2D eigenvalue weighted by molar-refractivity contribution is 6.08. The molecule has 0 fully saturated rings. The van der Waals surface area contributed by atoms with E-state index in [1.807, 2.05) is 43.3 Å². The molecule has 0 aliphatic carbocycles. The van der Waals surface area contributed by atoms with Gasteiger partial charge in [0.2, 0.25) is 0 Å². The van der Waals surface area contributed by atoms with Crippen LogP contribution < -0.4 is 10.6 Å². The number of aryl methyl sites for hydroxylation is 2. The van der Waals surface area contributed by atoms with E-state index in [1.54, 1.807) is 0 Å². The van der Waals surface area contributed by atoms with Gasteiger partial charge >= 0.3 is 0 Å². The lowest BCUT2D eigenvalue weighted by molar-refractivity contribution is -0.113. The lowest BCUT2D eigenvalue weighted by Crippen LogP contribution is -2.19. The minimum Gasteiger partial charge on any atom is -0.372 e. The van der Waals surface area contributed by atoms with E-state index in [-0.39, 0.29) is 11.9 Å². The van der Waals surface area contributed by atoms with Gasteiger partial charge in [0.25, 0.3) is 5.91 Å². The number of benzene rings is 2. The summed E-state index contributed by atoms with van der Waals surface area (Å²) in [5.41, 5.74) is 5.63. The van der Waals surface area contributed by atoms with E-state index >= 15 is 0 Å². The third kappa shape index (κ3) is 2.42. The Labute approximate surface area is 124 Å². The fraction of sp³-hybridized carbons (Fsp3) is 0.167. The second-order valence-corrected chi connectivity index (χ2v) is 5.45. The topological polar surface area (TPSA) is 41.1 Å². The van der Waals surface area contributed by atoms with Gasteiger partial charge in [0.05, 0.1) is 17.4 Å². The molecule has 3 heteroatoms. The minimum atomic E-state index is -0.213. The van der Waals surface area contributed by atoms with Crippen molar-refractivity contribution < 1.29 is 4.79 Å². The average molecular weight is 278 g/mol. The van der Waals surface area contributed by atoms with Crippen molar-refractivity contribution in [2.24, 2.45) is 0 Å². The molecule has 2 aromatic carbocycles. The van der Waals surface area contributed by atoms with Crippen LogP contribution in [-0.4, -0.2) is 5.91 Å². The summed E-state index contributed by atoms with van der Waals surface area (Å²) in [6, 6.07) is 13.8. The Morgan fingerprint density at radius 1 is 1.00 bits per heavy atom. The van der Waals surface area contributed by atoms with E-state index in [4.69, 9.17) is 0 Å². The molecule has 0 spiro atoms. The Kier molecular flexibility index (Phi) is 3.26. The first-order valence-electron chi connectivity index (χ1n) is 6.99. The molecule has 0 saturated heterocycles. The third-order valence-electron chi connectivity index (χ3n) is 3.95. The van der Waals surface area contributed by atoms with E-state index in [2.05, 4.69) is 30.2 Å². The zero-order chi connectivity index (χ0) is 15.0. The maximum atomic E-state index is 12.3. The molecule has 3 nitrogen and oxygen atoms in total. The van der Waals surface area contributed by atoms with Crippen molar-refractivity contribution in [3.05, 3.63) is 71.3 Å². The Balaban J connectivity index is 2.09. The van der Waals surface area contributed by atoms with Gasteiger partial charge < -0.3 is 10.6 Å². The number of nitrogens with one attached hydrogen (secondary N) is 2. The van der Waals surface area contributed by atoms with Crippen molar-refractivity contribution in [3.8, 4) is 0 Å². The van der Waals surface area contributed by atoms with Crippen LogP contribution in [0.15, 0.2) is 54.6 Å². The maximum absolute atomic E-state index is 12.3. The van der Waals surface area contributed by atoms with E-state index in [1.165, 1.54) is 5.56 Å². The van der Waals surface area contributed by atoms with Crippen molar-refractivity contribution >= 4 is 17.3 Å². The Hall–Kier alpha value is -2.55. The molecule has 0 aromatic heterocycles. The molecule has 106 valence electrons. The summed E-state index contributed by atoms with van der Waals surface area (Å²) in [7, 11) is 0. The van der Waals surface area contributed by atoms with E-state index in [0.29, 0.717) is 5.57 Å². The van der Waals surface area contributed by atoms with Gasteiger partial charge in [0, 0.05) is 5.57 Å². The van der Waals surface area contributed by atoms with Crippen LogP contribution in [0.4, 0.5) is 11.4 Å². The van der Waals surface area contributed by atoms with Crippen LogP contribution in [0.3, 0.4) is 0 Å². The molecular weight excluding hydrogens is 260 g/mol. The summed E-state index contributed by atoms with van der Waals surface area (Å²) < 4.78 is 0. The number of rotatable bonds is 1. The van der Waals surface area contributed by atoms with Gasteiger partial charge in [-0.1, -0.05) is 36.9 Å². The van der Waals surface area contributed by atoms with Crippen LogP contribution in [0.25, 0.3) is 0 Å². The van der Waals surface area contributed by atoms with Gasteiger partial charge in [0.1, 0.15) is 0 Å². The number of fused-ring (bicyclic) bond motifs is 1. The predicted molar refractivity (Wildman–Crippen MR) is 86.5 cm³/mol. The third-order valence-corrected chi connectivity index (χ3v) is 3.95. The number of anilines is 2. The normalized spacial score (nSPS) is 17.5. The monoisotopic (exact) mass is 278 g/mol. The first kappa shape index (κ1) is 13.4. The van der Waals surface area contributed by atoms with Crippen molar-refractivity contribution in [3.63, 3.8) is 0 Å². The summed E-state index contributed by atoms with van der Waals surface area (Å²) in [5.74, 6) is -0.140. The van der Waals surface area contributed by atoms with Crippen LogP contribution in [0.5, 0.6) is 0 Å². The Morgan fingerprint density at radius 3 is 2.29 bits per heavy atom. The quantitative estimate of drug-likeness (QED) is 0.775. The zero-order valence-corrected chi connectivity index (χ0v) is 12.2. The SMILES string of the molecule is C=C1C(=O)Nc2cc(C)c(C)cc2NC1c1ccccc1. The molecule has 1 aliphatic rings. The standard InChI is InChI=1S/C18H18N2O/c1-11-9-15-16(10-12(11)2)20-18(21)13(3)17(19-15)14-7-5-4-6-8-14/h4-10,17,19H,3H2,1-2H3,(H,20,21). The molecule has 3 rings (SSSR count). The molecule has 1 atom stereocenters. The molecule has 21 heavy (non-hydrogen) atoms. The summed E-state index contributed by atoms with van der Waals surface area (Å²) in [6.07, 6.45) is 0. The highest BCUT2D eigenvalue weighted by Gasteiger charge is 2.26. The molecule has 0 radical (unpaired) electrons. The molecule has 0 bridgehead atoms. The number of carbonyl (C=O) groups is 1. The molecule has 2 N–H and O–H groups in total. The number of hydrogen-bond donors (Lipinski definition) is 2. The van der Waals surface area contributed by atoms with Gasteiger partial charge in [-0.2, -0.15) is 0 Å². The van der Waals surface area contributed by atoms with Crippen LogP contribution in [0, 0.1) is 13.8 Å². The molecule has 2 aromatic rings. The Bertz CT molecular complexity index is 719. The lowest BCUT2D eigenvalue weighted by atomic mass is 9.99. The summed E-state index contributed by atoms with van der Waals surface area (Å²) in [5, 5.41) is 6.38. The number of carbonyl (C=O) groups excluding carboxylic acids is 1. The number of amides is 1. The fourth-order valence-electron chi connectivity index (χ4n) is 2.55. The first-order chi connectivity index (χ1) is 10.1. The maximum Gasteiger partial charge on any atom is 0.253 e. The van der Waals surface area contributed by atoms with Crippen LogP contribution in [-0.2, 0) is 4.79 Å². The fourth-order valence-corrected chi connectivity index (χ4v) is 2.55. The molecule has 0 saturated carbocycles. The van der Waals surface area contributed by atoms with E-state index in [9.17, 15) is 4.79 Å². The molecule has 1 aliphatic heterocycles. The van der Waals surface area contributed by atoms with Gasteiger partial charge in [-0.05, 0) is 42.7 Å². The molecule has 1 amide bonds. The van der Waals surface area contributed by atoms with Gasteiger partial charge in [-0.25, -0.2) is 0 Å². The zero-order valence-electron chi connectivity index (χ0n) is 12.2. The predicted octanol–water partition coefficient (Wildman–Crippen LogP) is 3.96. The average Bonchev–Trinajstić information content (AvgIpc) is 2.59. The first-order valence-corrected chi connectivity index (χ1v) is 6.99. The summed E-state index contributed by atoms with van der Waals surface area (Å²) in [4.78, 5) is 12.3. The largest absolute Gasteiger partial charge is 0.372 e. The van der Waals surface area contributed by atoms with Crippen molar-refractivity contribution in [2.45, 2.75) is 19.9 Å². The molecular formula is C18H18N2O. The van der Waals surface area contributed by atoms with Crippen molar-refractivity contribution in [1.82, 2.24) is 0 Å². The van der Waals surface area contributed by atoms with Gasteiger partial charge in [0.15, 0.2) is 0 Å². The molecule has 1 unspecified atom stereocenters. The molecule has 1 heterocycles. The van der Waals surface area contributed by atoms with Crippen LogP contribution in [0.2, 0.25) is 0 Å². The second-order valence-electron chi connectivity index (χ2n) is 5.45. The van der Waals surface area contributed by atoms with Crippen LogP contribution >= 0.6 is 0 Å². The van der Waals surface area contributed by atoms with Crippen molar-refractivity contribution in [2.75, 3.05) is 10.6 Å². The lowest BCUT2D eigenvalue weighted by Gasteiger charge is -2.19. The Morgan fingerprint density at radius 2 is 1.62 bits per heavy atom. The van der Waals surface area contributed by atoms with E-state index < -0.39 is 0 Å². The summed E-state index contributed by atoms with van der Waals surface area (Å²) in [6.45, 7) is 8.07. The smallest absolute Gasteiger partial charge is 0.253 e. The van der Waals surface area contributed by atoms with Crippen LogP contribution in [0.1, 0.15) is 22.7 Å². The highest BCUT2D eigenvalue weighted by Crippen LogP contribution is 2.35. The van der Waals surface area contributed by atoms with E-state index in [0.717, 1.165) is 22.5 Å². The van der Waals surface area contributed by atoms with Gasteiger partial charge in [-0.3, -0.25) is 4.79 Å². The highest BCUT2D eigenvalue weighted by atomic mass is 16.1. The summed E-state index contributed by atoms with van der Waals surface area (Å²) >= 11 is 0. The second kappa shape index (κ2) is 5.09. The van der Waals surface area contributed by atoms with Crippen molar-refractivity contribution in [1.29, 1.82) is 0 Å². The van der Waals surface area contributed by atoms with Gasteiger partial charge in [-0.15, -0.1) is 0 Å².